The Morgan fingerprint density at radius 1 is 1.24 bits per heavy atom. The first kappa shape index (κ1) is 15.1. The van der Waals surface area contributed by atoms with E-state index in [0.29, 0.717) is 11.7 Å². The van der Waals surface area contributed by atoms with Crippen LogP contribution in [0.1, 0.15) is 45.6 Å². The van der Waals surface area contributed by atoms with Gasteiger partial charge in [-0.1, -0.05) is 43.7 Å². The Kier molecular flexibility index (Phi) is 4.42. The minimum atomic E-state index is -0.126. The Hall–Kier alpha value is -0.795. The highest BCUT2D eigenvalue weighted by molar-refractivity contribution is 6.47. The molecule has 114 valence electrons. The van der Waals surface area contributed by atoms with Gasteiger partial charge in [0.15, 0.2) is 0 Å². The standard InChI is InChI=1S/C18H27BO2/c1-4-17(19-20-13-18(2,3)21-19)16(15-10-11-15)12-14-8-6-5-7-9-14/h5-9,15-17H,4,10-13H2,1-3H3/t16-,17?/m1/s1. The second-order valence-corrected chi connectivity index (χ2v) is 7.32. The van der Waals surface area contributed by atoms with E-state index in [-0.39, 0.29) is 12.7 Å². The van der Waals surface area contributed by atoms with E-state index in [4.69, 9.17) is 9.31 Å². The molecule has 0 radical (unpaired) electrons. The SMILES string of the molecule is CCC(B1OCC(C)(C)O1)[C@H](Cc1ccccc1)C1CC1. The van der Waals surface area contributed by atoms with Crippen LogP contribution in [0.15, 0.2) is 30.3 Å². The summed E-state index contributed by atoms with van der Waals surface area (Å²) in [5.41, 5.74) is 1.32. The van der Waals surface area contributed by atoms with Gasteiger partial charge in [0.05, 0.1) is 12.2 Å². The van der Waals surface area contributed by atoms with Crippen molar-refractivity contribution in [3.63, 3.8) is 0 Å². The predicted octanol–water partition coefficient (Wildman–Crippen LogP) is 4.35. The Morgan fingerprint density at radius 2 is 1.95 bits per heavy atom. The summed E-state index contributed by atoms with van der Waals surface area (Å²) < 4.78 is 12.2. The molecular formula is C18H27BO2. The molecule has 2 aliphatic rings. The molecule has 2 nitrogen and oxygen atoms in total. The van der Waals surface area contributed by atoms with Gasteiger partial charge in [0.2, 0.25) is 0 Å². The van der Waals surface area contributed by atoms with Crippen molar-refractivity contribution in [1.29, 1.82) is 0 Å². The largest absolute Gasteiger partial charge is 0.461 e. The summed E-state index contributed by atoms with van der Waals surface area (Å²) in [7, 11) is -0.0145. The van der Waals surface area contributed by atoms with Crippen LogP contribution in [0, 0.1) is 11.8 Å². The zero-order valence-electron chi connectivity index (χ0n) is 13.5. The summed E-state index contributed by atoms with van der Waals surface area (Å²) in [6.45, 7) is 7.26. The molecule has 1 aliphatic carbocycles. The molecule has 0 spiro atoms. The van der Waals surface area contributed by atoms with Crippen molar-refractivity contribution in [2.24, 2.45) is 11.8 Å². The minimum absolute atomic E-state index is 0.0145. The van der Waals surface area contributed by atoms with Gasteiger partial charge in [0.1, 0.15) is 0 Å². The molecule has 1 aromatic rings. The zero-order chi connectivity index (χ0) is 14.9. The molecule has 1 saturated carbocycles. The molecule has 2 fully saturated rings. The highest BCUT2D eigenvalue weighted by Crippen LogP contribution is 2.48. The first-order valence-corrected chi connectivity index (χ1v) is 8.42. The van der Waals surface area contributed by atoms with E-state index in [1.807, 2.05) is 0 Å². The maximum atomic E-state index is 6.18. The van der Waals surface area contributed by atoms with Gasteiger partial charge in [-0.15, -0.1) is 0 Å². The van der Waals surface area contributed by atoms with E-state index in [2.05, 4.69) is 51.1 Å². The van der Waals surface area contributed by atoms with Crippen LogP contribution in [0.4, 0.5) is 0 Å². The fraction of sp³-hybridized carbons (Fsp3) is 0.667. The number of benzene rings is 1. The lowest BCUT2D eigenvalue weighted by atomic mass is 9.61. The molecule has 1 unspecified atom stereocenters. The Labute approximate surface area is 129 Å². The van der Waals surface area contributed by atoms with E-state index in [0.717, 1.165) is 25.4 Å². The van der Waals surface area contributed by atoms with Crippen LogP contribution < -0.4 is 0 Å². The number of hydrogen-bond donors (Lipinski definition) is 0. The molecule has 21 heavy (non-hydrogen) atoms. The van der Waals surface area contributed by atoms with E-state index >= 15 is 0 Å². The highest BCUT2D eigenvalue weighted by Gasteiger charge is 2.47. The van der Waals surface area contributed by atoms with Crippen molar-refractivity contribution in [2.75, 3.05) is 6.61 Å². The van der Waals surface area contributed by atoms with Gasteiger partial charge in [0, 0.05) is 0 Å². The Balaban J connectivity index is 1.72. The van der Waals surface area contributed by atoms with Crippen LogP contribution in [0.2, 0.25) is 5.82 Å². The van der Waals surface area contributed by atoms with Gasteiger partial charge >= 0.3 is 7.12 Å². The summed E-state index contributed by atoms with van der Waals surface area (Å²) in [5.74, 6) is 2.07. The van der Waals surface area contributed by atoms with E-state index < -0.39 is 0 Å². The quantitative estimate of drug-likeness (QED) is 0.724. The van der Waals surface area contributed by atoms with Crippen LogP contribution in [0.3, 0.4) is 0 Å². The third-order valence-corrected chi connectivity index (χ3v) is 4.94. The molecule has 0 amide bonds. The van der Waals surface area contributed by atoms with Crippen molar-refractivity contribution >= 4 is 7.12 Å². The van der Waals surface area contributed by atoms with Crippen LogP contribution in [-0.4, -0.2) is 19.3 Å². The average molecular weight is 286 g/mol. The molecule has 3 heteroatoms. The fourth-order valence-corrected chi connectivity index (χ4v) is 3.65. The van der Waals surface area contributed by atoms with Crippen molar-refractivity contribution in [3.05, 3.63) is 35.9 Å². The third kappa shape index (κ3) is 3.70. The van der Waals surface area contributed by atoms with Crippen molar-refractivity contribution in [3.8, 4) is 0 Å². The molecule has 3 rings (SSSR count). The van der Waals surface area contributed by atoms with Gasteiger partial charge in [-0.25, -0.2) is 0 Å². The van der Waals surface area contributed by atoms with Crippen molar-refractivity contribution in [2.45, 2.75) is 57.9 Å². The second-order valence-electron chi connectivity index (χ2n) is 7.32. The number of rotatable bonds is 6. The topological polar surface area (TPSA) is 18.5 Å². The normalized spacial score (nSPS) is 24.0. The van der Waals surface area contributed by atoms with Crippen molar-refractivity contribution < 1.29 is 9.31 Å². The summed E-state index contributed by atoms with van der Waals surface area (Å²) in [5, 5.41) is 0. The molecule has 0 N–H and O–H groups in total. The van der Waals surface area contributed by atoms with Gasteiger partial charge in [-0.05, 0) is 56.3 Å². The molecule has 1 heterocycles. The zero-order valence-corrected chi connectivity index (χ0v) is 13.5. The average Bonchev–Trinajstić information content (AvgIpc) is 3.24. The lowest BCUT2D eigenvalue weighted by molar-refractivity contribution is 0.132. The molecular weight excluding hydrogens is 259 g/mol. The minimum Gasteiger partial charge on any atom is -0.408 e. The summed E-state index contributed by atoms with van der Waals surface area (Å²) in [4.78, 5) is 0. The van der Waals surface area contributed by atoms with Gasteiger partial charge in [-0.3, -0.25) is 0 Å². The van der Waals surface area contributed by atoms with E-state index in [1.165, 1.54) is 18.4 Å². The lowest BCUT2D eigenvalue weighted by Crippen LogP contribution is -2.33. The first-order chi connectivity index (χ1) is 10.1. The van der Waals surface area contributed by atoms with Gasteiger partial charge < -0.3 is 9.31 Å². The van der Waals surface area contributed by atoms with Crippen LogP contribution in [0.5, 0.6) is 0 Å². The smallest absolute Gasteiger partial charge is 0.408 e. The summed E-state index contributed by atoms with van der Waals surface area (Å²) >= 11 is 0. The van der Waals surface area contributed by atoms with Crippen LogP contribution in [0.25, 0.3) is 0 Å². The second kappa shape index (κ2) is 6.14. The molecule has 1 aromatic carbocycles. The highest BCUT2D eigenvalue weighted by atomic mass is 16.7. The third-order valence-electron chi connectivity index (χ3n) is 4.94. The lowest BCUT2D eigenvalue weighted by Gasteiger charge is -2.28. The first-order valence-electron chi connectivity index (χ1n) is 8.42. The van der Waals surface area contributed by atoms with Gasteiger partial charge in [0.25, 0.3) is 0 Å². The van der Waals surface area contributed by atoms with Crippen LogP contribution in [-0.2, 0) is 15.7 Å². The summed E-state index contributed by atoms with van der Waals surface area (Å²) in [6.07, 6.45) is 5.05. The molecule has 1 saturated heterocycles. The molecule has 2 atom stereocenters. The maximum absolute atomic E-state index is 6.18. The number of hydrogen-bond acceptors (Lipinski definition) is 2. The molecule has 1 aliphatic heterocycles. The van der Waals surface area contributed by atoms with E-state index in [1.54, 1.807) is 0 Å². The molecule has 0 bridgehead atoms. The molecule has 0 aromatic heterocycles. The summed E-state index contributed by atoms with van der Waals surface area (Å²) in [6, 6.07) is 10.9. The van der Waals surface area contributed by atoms with E-state index in [9.17, 15) is 0 Å². The Bertz CT molecular complexity index is 456. The monoisotopic (exact) mass is 286 g/mol. The van der Waals surface area contributed by atoms with Crippen LogP contribution >= 0.6 is 0 Å². The van der Waals surface area contributed by atoms with Gasteiger partial charge in [-0.2, -0.15) is 0 Å². The Morgan fingerprint density at radius 3 is 2.48 bits per heavy atom. The van der Waals surface area contributed by atoms with Crippen molar-refractivity contribution in [1.82, 2.24) is 0 Å². The predicted molar refractivity (Wildman–Crippen MR) is 87.3 cm³/mol. The fourth-order valence-electron chi connectivity index (χ4n) is 3.65. The maximum Gasteiger partial charge on any atom is 0.461 e.